The Balaban J connectivity index is 0.000000115. The highest BCUT2D eigenvalue weighted by atomic mass is 16.6. The molecule has 28 heteroatoms. The zero-order valence-electron chi connectivity index (χ0n) is 65.6. The Labute approximate surface area is 655 Å². The highest BCUT2D eigenvalue weighted by Gasteiger charge is 2.74. The van der Waals surface area contributed by atoms with Gasteiger partial charge < -0.3 is 66.3 Å². The summed E-state index contributed by atoms with van der Waals surface area (Å²) >= 11 is 0. The Kier molecular flexibility index (Phi) is 22.1. The van der Waals surface area contributed by atoms with Gasteiger partial charge in [0.05, 0.1) is 41.4 Å². The van der Waals surface area contributed by atoms with E-state index in [2.05, 4.69) is 53.0 Å². The average Bonchev–Trinajstić information content (AvgIpc) is 1.55. The van der Waals surface area contributed by atoms with Crippen molar-refractivity contribution in [2.24, 2.45) is 100 Å². The van der Waals surface area contributed by atoms with E-state index in [0.29, 0.717) is 60.3 Å². The van der Waals surface area contributed by atoms with Crippen LogP contribution in [0.25, 0.3) is 0 Å². The highest BCUT2D eigenvalue weighted by Crippen LogP contribution is 2.65. The number of esters is 14. The minimum atomic E-state index is -0.682. The van der Waals surface area contributed by atoms with E-state index in [1.807, 2.05) is 27.7 Å². The lowest BCUT2D eigenvalue weighted by Crippen LogP contribution is -2.49. The summed E-state index contributed by atoms with van der Waals surface area (Å²) in [4.78, 5) is 161. The largest absolute Gasteiger partial charge is 0.458 e. The van der Waals surface area contributed by atoms with Gasteiger partial charge in [0, 0.05) is 112 Å². The fraction of sp³-hybridized carbons (Fsp3) is 0.671. The van der Waals surface area contributed by atoms with Gasteiger partial charge in [0.1, 0.15) is 77.8 Å². The van der Waals surface area contributed by atoms with Crippen molar-refractivity contribution in [2.75, 3.05) is 0 Å². The molecule has 19 rings (SSSR count). The van der Waals surface area contributed by atoms with Crippen LogP contribution in [0.3, 0.4) is 0 Å². The number of ether oxygens (including phenoxy) is 14. The zero-order valence-corrected chi connectivity index (χ0v) is 65.6. The Morgan fingerprint density at radius 1 is 0.451 bits per heavy atom. The van der Waals surface area contributed by atoms with Crippen molar-refractivity contribution >= 4 is 83.6 Å². The molecule has 7 saturated heterocycles. The summed E-state index contributed by atoms with van der Waals surface area (Å²) in [5.41, 5.74) is -1.10. The first-order valence-electron chi connectivity index (χ1n) is 39.7. The van der Waals surface area contributed by atoms with Gasteiger partial charge in [0.15, 0.2) is 5.60 Å². The molecule has 19 fully saturated rings. The van der Waals surface area contributed by atoms with Gasteiger partial charge in [-0.1, -0.05) is 59.9 Å². The second-order valence-electron chi connectivity index (χ2n) is 35.4. The number of hydrogen-bond acceptors (Lipinski definition) is 28. The van der Waals surface area contributed by atoms with Crippen LogP contribution in [0, 0.1) is 100 Å². The Morgan fingerprint density at radius 2 is 0.991 bits per heavy atom. The first-order valence-corrected chi connectivity index (χ1v) is 39.7. The van der Waals surface area contributed by atoms with Gasteiger partial charge in [0.25, 0.3) is 0 Å². The van der Waals surface area contributed by atoms with Crippen molar-refractivity contribution in [1.82, 2.24) is 0 Å². The molecule has 0 spiro atoms. The summed E-state index contributed by atoms with van der Waals surface area (Å²) in [6, 6.07) is 0. The lowest BCUT2D eigenvalue weighted by atomic mass is 9.77. The predicted octanol–water partition coefficient (Wildman–Crippen LogP) is 8.85. The minimum absolute atomic E-state index is 0.00149. The molecule has 14 bridgehead atoms. The van der Waals surface area contributed by atoms with Crippen molar-refractivity contribution in [2.45, 2.75) is 255 Å². The Bertz CT molecular complexity index is 4080. The molecule has 12 saturated carbocycles. The van der Waals surface area contributed by atoms with Gasteiger partial charge in [0.2, 0.25) is 0 Å². The van der Waals surface area contributed by atoms with Crippen molar-refractivity contribution in [1.29, 1.82) is 0 Å². The van der Waals surface area contributed by atoms with E-state index in [1.165, 1.54) is 6.08 Å². The topological polar surface area (TPSA) is 368 Å². The predicted molar refractivity (Wildman–Crippen MR) is 389 cm³/mol. The normalized spacial score (nSPS) is 43.1. The van der Waals surface area contributed by atoms with Gasteiger partial charge in [-0.2, -0.15) is 0 Å². The van der Waals surface area contributed by atoms with E-state index in [1.54, 1.807) is 27.7 Å². The van der Waals surface area contributed by atoms with Crippen LogP contribution >= 0.6 is 0 Å². The minimum Gasteiger partial charge on any atom is -0.458 e. The molecule has 113 heavy (non-hydrogen) atoms. The summed E-state index contributed by atoms with van der Waals surface area (Å²) in [5.74, 6) is -1.11. The molecule has 0 aromatic carbocycles. The highest BCUT2D eigenvalue weighted by molar-refractivity contribution is 5.90. The fourth-order valence-corrected chi connectivity index (χ4v) is 22.6. The summed E-state index contributed by atoms with van der Waals surface area (Å²) in [6.07, 6.45) is 14.6. The number of rotatable bonds is 15. The maximum Gasteiger partial charge on any atom is 0.333 e. The van der Waals surface area contributed by atoms with Crippen LogP contribution in [-0.2, 0) is 133 Å². The van der Waals surface area contributed by atoms with Crippen LogP contribution in [0.5, 0.6) is 0 Å². The van der Waals surface area contributed by atoms with Gasteiger partial charge in [-0.15, -0.1) is 0 Å². The van der Waals surface area contributed by atoms with Gasteiger partial charge in [-0.05, 0) is 145 Å². The van der Waals surface area contributed by atoms with E-state index in [4.69, 9.17) is 66.3 Å². The lowest BCUT2D eigenvalue weighted by Gasteiger charge is -2.38. The molecular formula is C85H104O28. The number of carbonyl (C=O) groups is 14. The van der Waals surface area contributed by atoms with Crippen molar-refractivity contribution in [3.05, 3.63) is 86.6 Å². The molecule has 7 aliphatic heterocycles. The molecule has 19 aliphatic rings. The zero-order chi connectivity index (χ0) is 81.9. The van der Waals surface area contributed by atoms with E-state index < -0.39 is 52.3 Å². The third-order valence-electron chi connectivity index (χ3n) is 28.3. The van der Waals surface area contributed by atoms with E-state index >= 15 is 0 Å². The summed E-state index contributed by atoms with van der Waals surface area (Å²) in [6.45, 7) is 40.5. The second-order valence-corrected chi connectivity index (χ2v) is 35.4. The van der Waals surface area contributed by atoms with E-state index in [0.717, 1.165) is 89.2 Å². The van der Waals surface area contributed by atoms with Gasteiger partial charge in [-0.25, -0.2) is 33.6 Å². The number of fused-ring (bicyclic) bond motifs is 9. The lowest BCUT2D eigenvalue weighted by molar-refractivity contribution is -0.179. The molecule has 12 aliphatic carbocycles. The maximum atomic E-state index is 11.7. The monoisotopic (exact) mass is 1570 g/mol. The van der Waals surface area contributed by atoms with Crippen molar-refractivity contribution in [3.8, 4) is 0 Å². The molecule has 0 amide bonds. The molecule has 0 N–H and O–H groups in total. The van der Waals surface area contributed by atoms with Crippen LogP contribution < -0.4 is 0 Å². The maximum absolute atomic E-state index is 11.7. The van der Waals surface area contributed by atoms with Gasteiger partial charge >= 0.3 is 83.6 Å². The number of carbonyl (C=O) groups excluding carboxylic acids is 14. The molecule has 7 heterocycles. The smallest absolute Gasteiger partial charge is 0.333 e. The van der Waals surface area contributed by atoms with Gasteiger partial charge in [-0.3, -0.25) is 33.6 Å². The summed E-state index contributed by atoms with van der Waals surface area (Å²) < 4.78 is 75.0. The van der Waals surface area contributed by atoms with Crippen molar-refractivity contribution < 1.29 is 133 Å². The fourth-order valence-electron chi connectivity index (χ4n) is 22.6. The molecular weight excluding hydrogens is 1470 g/mol. The quantitative estimate of drug-likeness (QED) is 0.0838. The van der Waals surface area contributed by atoms with Crippen LogP contribution in [0.15, 0.2) is 86.6 Å². The van der Waals surface area contributed by atoms with E-state index in [9.17, 15) is 67.1 Å². The van der Waals surface area contributed by atoms with Crippen LogP contribution in [-0.4, -0.2) is 167 Å². The van der Waals surface area contributed by atoms with Crippen LogP contribution in [0.2, 0.25) is 0 Å². The molecule has 0 aromatic heterocycles. The first kappa shape index (κ1) is 81.8. The Hall–Kier alpha value is -9.24. The third-order valence-corrected chi connectivity index (χ3v) is 28.3. The van der Waals surface area contributed by atoms with Crippen LogP contribution in [0.4, 0.5) is 0 Å². The molecule has 612 valence electrons. The summed E-state index contributed by atoms with van der Waals surface area (Å²) in [5, 5.41) is 0. The standard InChI is InChI=1S/3C13H16O4.C12H14O4.C12H16O4.C11H12O4.C11H14O4/c1-6(2)11(14)17-10-9-7-4-13(10,3)5-8(7)12(15)16-9;1-6(2)11(14)16-10-7-4-8-9(5-7)13(10,3)17-12(8)15;1-3-10(14)17-13(4-2)7-5-8-9(6-7)12(15)16-11(8)13;1-3-9(13)16-12(2)6-4-7-8(5-6)11(14)15-10(7)12;1-7(2)10(13)16-12(3)5-4-8-6-9(12)15-11(8)14;1-2-8(12)14-9-5-3-6-7(4-5)11(13)15-10(6)9;1-6(2)10(12)14-8-4-3-7-5-9(8)15-11(7)13/h2*7-10H,1,4-5H2,2-3H3;3,7-9,11H,1,4-6H2,2H3;3,6-8,10H,1,4-5H2,2H3;8-9H,1,4-6H2,2-3H3;2,5-7,9-10H,1,3-4H2;7-9H,1,3-5H2,2H3. The van der Waals surface area contributed by atoms with Crippen molar-refractivity contribution in [3.63, 3.8) is 0 Å². The molecule has 0 radical (unpaired) electrons. The SMILES string of the molecule is C=C(C)C(=O)OC1(C)CCC2CC1OC2=O.C=C(C)C(=O)OC1C2CC3C(=O)OC1(C)C3C2.C=C(C)C(=O)OC1C2OC(=O)C3CC1(C)CC32.C=C(C)C(=O)OC1CCC2CC1OC2=O.C=CC(=O)OC1(C)C2CC3C(=O)OC1C3C2.C=CC(=O)OC1(CC)C2CC3C(=O)OC1C3C2.C=CC(=O)OC1C2CC3C(=O)OC1C3C2. The average molecular weight is 1570 g/mol. The molecule has 0 aromatic rings. The van der Waals surface area contributed by atoms with Crippen LogP contribution in [0.1, 0.15) is 171 Å². The number of hydrogen-bond donors (Lipinski definition) is 0. The third kappa shape index (κ3) is 14.4. The Morgan fingerprint density at radius 3 is 1.63 bits per heavy atom. The van der Waals surface area contributed by atoms with E-state index in [-0.39, 0.29) is 209 Å². The summed E-state index contributed by atoms with van der Waals surface area (Å²) in [7, 11) is 0. The first-order chi connectivity index (χ1) is 53.2. The molecule has 31 unspecified atom stereocenters. The second kappa shape index (κ2) is 30.5. The molecule has 28 nitrogen and oxygen atoms in total. The molecule has 31 atom stereocenters.